The van der Waals surface area contributed by atoms with Gasteiger partial charge in [0.05, 0.1) is 12.9 Å². The average molecular weight is 234 g/mol. The van der Waals surface area contributed by atoms with Gasteiger partial charge in [0, 0.05) is 36.8 Å². The van der Waals surface area contributed by atoms with Crippen molar-refractivity contribution < 1.29 is 4.39 Å². The van der Waals surface area contributed by atoms with Crippen LogP contribution in [0.15, 0.2) is 18.3 Å². The van der Waals surface area contributed by atoms with E-state index in [0.717, 1.165) is 36.7 Å². The van der Waals surface area contributed by atoms with Crippen LogP contribution in [0.1, 0.15) is 12.1 Å². The Kier molecular flexibility index (Phi) is 2.46. The number of nitrogens with zero attached hydrogens (tertiary/aromatic N) is 4. The van der Waals surface area contributed by atoms with Crippen LogP contribution in [0, 0.1) is 12.8 Å². The summed E-state index contributed by atoms with van der Waals surface area (Å²) in [6.07, 6.45) is 2.66. The van der Waals surface area contributed by atoms with Gasteiger partial charge in [0.2, 0.25) is 0 Å². The zero-order valence-electron chi connectivity index (χ0n) is 9.80. The second kappa shape index (κ2) is 3.98. The topological polar surface area (TPSA) is 33.4 Å². The summed E-state index contributed by atoms with van der Waals surface area (Å²) in [6, 6.07) is 3.90. The summed E-state index contributed by atoms with van der Waals surface area (Å²) in [4.78, 5) is 6.60. The first-order chi connectivity index (χ1) is 8.28. The summed E-state index contributed by atoms with van der Waals surface area (Å²) < 4.78 is 14.5. The largest absolute Gasteiger partial charge is 0.356 e. The van der Waals surface area contributed by atoms with Crippen LogP contribution in [0.3, 0.4) is 0 Å². The van der Waals surface area contributed by atoms with Crippen LogP contribution in [-0.2, 0) is 0 Å². The maximum absolute atomic E-state index is 12.7. The maximum Gasteiger partial charge on any atom is 0.157 e. The molecule has 0 saturated carbocycles. The summed E-state index contributed by atoms with van der Waals surface area (Å²) >= 11 is 0. The molecule has 2 aromatic heterocycles. The number of halogens is 1. The number of hydrogen-bond donors (Lipinski definition) is 0. The molecule has 0 amide bonds. The van der Waals surface area contributed by atoms with Crippen molar-refractivity contribution in [2.75, 3.05) is 24.7 Å². The molecule has 1 aliphatic heterocycles. The van der Waals surface area contributed by atoms with Gasteiger partial charge in [-0.25, -0.2) is 4.98 Å². The fourth-order valence-corrected chi connectivity index (χ4v) is 2.41. The van der Waals surface area contributed by atoms with Crippen molar-refractivity contribution in [1.82, 2.24) is 14.6 Å². The molecule has 17 heavy (non-hydrogen) atoms. The molecule has 90 valence electrons. The van der Waals surface area contributed by atoms with Gasteiger partial charge in [0.15, 0.2) is 5.65 Å². The van der Waals surface area contributed by atoms with Crippen LogP contribution >= 0.6 is 0 Å². The van der Waals surface area contributed by atoms with Crippen molar-refractivity contribution in [1.29, 1.82) is 0 Å². The van der Waals surface area contributed by atoms with Crippen molar-refractivity contribution in [3.05, 3.63) is 24.0 Å². The van der Waals surface area contributed by atoms with Gasteiger partial charge < -0.3 is 4.90 Å². The van der Waals surface area contributed by atoms with Crippen molar-refractivity contribution in [3.63, 3.8) is 0 Å². The Morgan fingerprint density at radius 2 is 2.41 bits per heavy atom. The molecule has 5 heteroatoms. The van der Waals surface area contributed by atoms with Crippen LogP contribution in [0.5, 0.6) is 0 Å². The van der Waals surface area contributed by atoms with Gasteiger partial charge in [0.25, 0.3) is 0 Å². The molecule has 1 atom stereocenters. The minimum absolute atomic E-state index is 0.161. The highest BCUT2D eigenvalue weighted by atomic mass is 19.1. The fraction of sp³-hybridized carbons (Fsp3) is 0.500. The molecule has 0 bridgehead atoms. The molecule has 2 aromatic rings. The third kappa shape index (κ3) is 1.75. The third-order valence-electron chi connectivity index (χ3n) is 3.30. The third-order valence-corrected chi connectivity index (χ3v) is 3.30. The summed E-state index contributed by atoms with van der Waals surface area (Å²) in [6.45, 7) is 3.41. The molecular weight excluding hydrogens is 219 g/mol. The normalized spacial score (nSPS) is 20.4. The van der Waals surface area contributed by atoms with Crippen LogP contribution in [0.25, 0.3) is 5.65 Å². The van der Waals surface area contributed by atoms with Crippen LogP contribution in [0.4, 0.5) is 10.2 Å². The first-order valence-corrected chi connectivity index (χ1v) is 5.90. The summed E-state index contributed by atoms with van der Waals surface area (Å²) in [7, 11) is 0. The van der Waals surface area contributed by atoms with Crippen molar-refractivity contribution in [3.8, 4) is 0 Å². The monoisotopic (exact) mass is 234 g/mol. The molecule has 1 unspecified atom stereocenters. The number of rotatable bonds is 2. The van der Waals surface area contributed by atoms with E-state index in [9.17, 15) is 4.39 Å². The highest BCUT2D eigenvalue weighted by Crippen LogP contribution is 2.24. The Labute approximate surface area is 99.1 Å². The van der Waals surface area contributed by atoms with Gasteiger partial charge in [0.1, 0.15) is 5.82 Å². The minimum Gasteiger partial charge on any atom is -0.356 e. The molecule has 0 aliphatic carbocycles. The molecule has 0 aromatic carbocycles. The molecule has 1 saturated heterocycles. The number of aromatic nitrogens is 3. The number of aryl methyl sites for hydroxylation is 1. The van der Waals surface area contributed by atoms with E-state index in [-0.39, 0.29) is 12.6 Å². The van der Waals surface area contributed by atoms with Crippen molar-refractivity contribution >= 4 is 11.5 Å². The van der Waals surface area contributed by atoms with E-state index in [2.05, 4.69) is 15.0 Å². The summed E-state index contributed by atoms with van der Waals surface area (Å²) in [5.74, 6) is 1.18. The van der Waals surface area contributed by atoms with E-state index < -0.39 is 0 Å². The maximum atomic E-state index is 12.7. The van der Waals surface area contributed by atoms with E-state index in [1.165, 1.54) is 0 Å². The van der Waals surface area contributed by atoms with Gasteiger partial charge >= 0.3 is 0 Å². The smallest absolute Gasteiger partial charge is 0.157 e. The number of fused-ring (bicyclic) bond motifs is 1. The van der Waals surface area contributed by atoms with Crippen LogP contribution < -0.4 is 4.90 Å². The number of anilines is 1. The lowest BCUT2D eigenvalue weighted by Gasteiger charge is -2.19. The molecule has 1 fully saturated rings. The molecule has 0 radical (unpaired) electrons. The van der Waals surface area contributed by atoms with Gasteiger partial charge in [-0.05, 0) is 13.3 Å². The number of hydrogen-bond acceptors (Lipinski definition) is 3. The average Bonchev–Trinajstić information content (AvgIpc) is 2.95. The van der Waals surface area contributed by atoms with Crippen LogP contribution in [0.2, 0.25) is 0 Å². The highest BCUT2D eigenvalue weighted by molar-refractivity contribution is 5.51. The highest BCUT2D eigenvalue weighted by Gasteiger charge is 2.24. The SMILES string of the molecule is Cc1cc(N2CCC(CF)C2)n2nccc2n1. The Balaban J connectivity index is 2.02. The Morgan fingerprint density at radius 3 is 3.18 bits per heavy atom. The van der Waals surface area contributed by atoms with E-state index >= 15 is 0 Å². The first-order valence-electron chi connectivity index (χ1n) is 5.90. The predicted molar refractivity (Wildman–Crippen MR) is 64.0 cm³/mol. The lowest BCUT2D eigenvalue weighted by Crippen LogP contribution is -2.23. The van der Waals surface area contributed by atoms with E-state index in [0.29, 0.717) is 0 Å². The molecule has 0 spiro atoms. The molecule has 3 heterocycles. The second-order valence-electron chi connectivity index (χ2n) is 4.61. The minimum atomic E-state index is -0.233. The lowest BCUT2D eigenvalue weighted by atomic mass is 10.1. The van der Waals surface area contributed by atoms with Gasteiger partial charge in [-0.15, -0.1) is 0 Å². The van der Waals surface area contributed by atoms with E-state index in [1.54, 1.807) is 6.20 Å². The first kappa shape index (κ1) is 10.5. The molecule has 0 N–H and O–H groups in total. The predicted octanol–water partition coefficient (Wildman–Crippen LogP) is 1.83. The molecule has 4 nitrogen and oxygen atoms in total. The fourth-order valence-electron chi connectivity index (χ4n) is 2.41. The standard InChI is InChI=1S/C12H15FN4/c1-9-6-12(16-5-3-10(7-13)8-16)17-11(15-9)2-4-14-17/h2,4,6,10H,3,5,7-8H2,1H3. The second-order valence-corrected chi connectivity index (χ2v) is 4.61. The van der Waals surface area contributed by atoms with Crippen molar-refractivity contribution in [2.24, 2.45) is 5.92 Å². The molecule has 3 rings (SSSR count). The molecular formula is C12H15FN4. The van der Waals surface area contributed by atoms with Crippen molar-refractivity contribution in [2.45, 2.75) is 13.3 Å². The summed E-state index contributed by atoms with van der Waals surface area (Å²) in [5, 5.41) is 4.27. The zero-order valence-corrected chi connectivity index (χ0v) is 9.80. The van der Waals surface area contributed by atoms with Gasteiger partial charge in [-0.2, -0.15) is 9.61 Å². The zero-order chi connectivity index (χ0) is 11.8. The molecule has 1 aliphatic rings. The lowest BCUT2D eigenvalue weighted by molar-refractivity contribution is 0.384. The van der Waals surface area contributed by atoms with Gasteiger partial charge in [-0.1, -0.05) is 0 Å². The van der Waals surface area contributed by atoms with E-state index in [1.807, 2.05) is 23.6 Å². The number of alkyl halides is 1. The quantitative estimate of drug-likeness (QED) is 0.795. The Bertz CT molecular complexity index is 536. The summed E-state index contributed by atoms with van der Waals surface area (Å²) in [5.41, 5.74) is 1.82. The Hall–Kier alpha value is -1.65. The van der Waals surface area contributed by atoms with Crippen LogP contribution in [-0.4, -0.2) is 34.4 Å². The van der Waals surface area contributed by atoms with Gasteiger partial charge in [-0.3, -0.25) is 4.39 Å². The Morgan fingerprint density at radius 1 is 1.53 bits per heavy atom. The van der Waals surface area contributed by atoms with E-state index in [4.69, 9.17) is 0 Å².